The van der Waals surface area contributed by atoms with Gasteiger partial charge in [0.2, 0.25) is 0 Å². The number of esters is 4. The summed E-state index contributed by atoms with van der Waals surface area (Å²) in [5.74, 6) is -1.31. The number of carbonyl (C=O) groups is 4. The minimum absolute atomic E-state index is 0.107. The van der Waals surface area contributed by atoms with Crippen LogP contribution >= 0.6 is 15.6 Å². The molecular weight excluding hydrogens is 1260 g/mol. The van der Waals surface area contributed by atoms with Crippen molar-refractivity contribution in [3.8, 4) is 0 Å². The number of hydrogen-bond acceptors (Lipinski definition) is 15. The molecule has 2 unspecified atom stereocenters. The Labute approximate surface area is 588 Å². The average molecular weight is 1410 g/mol. The number of aliphatic hydroxyl groups excluding tert-OH is 1. The summed E-state index contributed by atoms with van der Waals surface area (Å²) in [4.78, 5) is 72.7. The lowest BCUT2D eigenvalue weighted by Crippen LogP contribution is -2.30. The number of ether oxygens (including phenoxy) is 4. The number of carbonyl (C=O) groups excluding carboxylic acids is 4. The third kappa shape index (κ3) is 70.5. The maximum atomic E-state index is 13.1. The van der Waals surface area contributed by atoms with Gasteiger partial charge in [-0.3, -0.25) is 37.3 Å². The topological polar surface area (TPSA) is 237 Å². The number of hydrogen-bond donors (Lipinski definition) is 3. The first-order valence-corrected chi connectivity index (χ1v) is 43.1. The zero-order valence-corrected chi connectivity index (χ0v) is 64.3. The van der Waals surface area contributed by atoms with Crippen LogP contribution in [0.5, 0.6) is 0 Å². The molecule has 0 fully saturated rings. The van der Waals surface area contributed by atoms with E-state index in [2.05, 4.69) is 34.6 Å². The first kappa shape index (κ1) is 94.1. The second-order valence-corrected chi connectivity index (χ2v) is 31.1. The highest BCUT2D eigenvalue weighted by atomic mass is 31.2. The largest absolute Gasteiger partial charge is 0.472 e. The second kappa shape index (κ2) is 70.1. The summed E-state index contributed by atoms with van der Waals surface area (Å²) in [6.45, 7) is 7.29. The van der Waals surface area contributed by atoms with E-state index in [-0.39, 0.29) is 25.7 Å². The van der Waals surface area contributed by atoms with E-state index in [0.717, 1.165) is 102 Å². The third-order valence-corrected chi connectivity index (χ3v) is 19.9. The van der Waals surface area contributed by atoms with Gasteiger partial charge in [0.25, 0.3) is 0 Å². The molecule has 19 heteroatoms. The molecule has 0 radical (unpaired) electrons. The molecule has 96 heavy (non-hydrogen) atoms. The van der Waals surface area contributed by atoms with E-state index < -0.39 is 97.5 Å². The van der Waals surface area contributed by atoms with Crippen molar-refractivity contribution in [2.75, 3.05) is 39.6 Å². The molecule has 17 nitrogen and oxygen atoms in total. The molecule has 0 rings (SSSR count). The fraction of sp³-hybridized carbons (Fsp3) is 0.948. The van der Waals surface area contributed by atoms with Crippen molar-refractivity contribution in [3.63, 3.8) is 0 Å². The summed E-state index contributed by atoms with van der Waals surface area (Å²) in [6, 6.07) is 0. The van der Waals surface area contributed by atoms with Crippen molar-refractivity contribution in [2.24, 2.45) is 5.92 Å². The van der Waals surface area contributed by atoms with Crippen molar-refractivity contribution >= 4 is 39.5 Å². The van der Waals surface area contributed by atoms with Crippen LogP contribution < -0.4 is 0 Å². The highest BCUT2D eigenvalue weighted by Gasteiger charge is 2.30. The maximum absolute atomic E-state index is 13.1. The lowest BCUT2D eigenvalue weighted by molar-refractivity contribution is -0.161. The lowest BCUT2D eigenvalue weighted by atomic mass is 10.0. The van der Waals surface area contributed by atoms with E-state index in [0.29, 0.717) is 25.7 Å². The summed E-state index contributed by atoms with van der Waals surface area (Å²) in [7, 11) is -9.90. The molecule has 570 valence electrons. The Balaban J connectivity index is 5.17. The van der Waals surface area contributed by atoms with E-state index in [1.165, 1.54) is 225 Å². The van der Waals surface area contributed by atoms with Crippen LogP contribution in [0.15, 0.2) is 0 Å². The van der Waals surface area contributed by atoms with Crippen LogP contribution in [0.25, 0.3) is 0 Å². The van der Waals surface area contributed by atoms with Crippen LogP contribution in [0.4, 0.5) is 0 Å². The minimum Gasteiger partial charge on any atom is -0.462 e. The summed E-state index contributed by atoms with van der Waals surface area (Å²) >= 11 is 0. The van der Waals surface area contributed by atoms with Gasteiger partial charge in [-0.25, -0.2) is 9.13 Å². The standard InChI is InChI=1S/C77H150O17P2/c1-6-9-12-15-18-21-23-24-25-26-27-28-32-35-38-42-46-51-56-61-75(80)88-67-73(94-77(82)63-58-53-48-43-39-36-33-30-29-31-34-37-40-44-49-54-59-70(4)5)69-92-96(85,86)90-65-71(78)64-89-95(83,84)91-68-72(66-87-74(79)60-55-50-45-20-17-14-11-8-3)93-76(81)62-57-52-47-41-22-19-16-13-10-7-2/h70-73,78H,6-69H2,1-5H3,(H,83,84)(H,85,86)/t71-,72+,73+/m0/s1. The van der Waals surface area contributed by atoms with Gasteiger partial charge in [0.05, 0.1) is 26.4 Å². The van der Waals surface area contributed by atoms with Crippen LogP contribution in [0.3, 0.4) is 0 Å². The van der Waals surface area contributed by atoms with Crippen LogP contribution in [0.2, 0.25) is 0 Å². The van der Waals surface area contributed by atoms with Gasteiger partial charge in [-0.05, 0) is 31.6 Å². The molecule has 0 aliphatic rings. The van der Waals surface area contributed by atoms with Crippen LogP contribution in [-0.4, -0.2) is 96.7 Å². The number of unbranched alkanes of at least 4 members (excludes halogenated alkanes) is 49. The van der Waals surface area contributed by atoms with Gasteiger partial charge in [-0.2, -0.15) is 0 Å². The van der Waals surface area contributed by atoms with Crippen molar-refractivity contribution in [2.45, 2.75) is 425 Å². The molecule has 0 spiro atoms. The van der Waals surface area contributed by atoms with E-state index in [4.69, 9.17) is 37.0 Å². The summed E-state index contributed by atoms with van der Waals surface area (Å²) < 4.78 is 68.4. The number of rotatable bonds is 77. The van der Waals surface area contributed by atoms with Crippen LogP contribution in [-0.2, 0) is 65.4 Å². The number of phosphoric acid groups is 2. The molecule has 0 aromatic rings. The smallest absolute Gasteiger partial charge is 0.462 e. The quantitative estimate of drug-likeness (QED) is 0.0222. The highest BCUT2D eigenvalue weighted by molar-refractivity contribution is 7.47. The Morgan fingerprint density at radius 3 is 0.708 bits per heavy atom. The molecule has 0 aromatic heterocycles. The van der Waals surface area contributed by atoms with E-state index in [1.54, 1.807) is 0 Å². The third-order valence-electron chi connectivity index (χ3n) is 18.0. The monoisotopic (exact) mass is 1410 g/mol. The van der Waals surface area contributed by atoms with E-state index >= 15 is 0 Å². The molecule has 0 heterocycles. The summed E-state index contributed by atoms with van der Waals surface area (Å²) in [6.07, 6.45) is 59.8. The fourth-order valence-corrected chi connectivity index (χ4v) is 13.5. The predicted molar refractivity (Wildman–Crippen MR) is 391 cm³/mol. The molecule has 0 aliphatic carbocycles. The second-order valence-electron chi connectivity index (χ2n) is 28.2. The Morgan fingerprint density at radius 1 is 0.281 bits per heavy atom. The predicted octanol–water partition coefficient (Wildman–Crippen LogP) is 22.9. The molecule has 3 N–H and O–H groups in total. The van der Waals surface area contributed by atoms with Gasteiger partial charge in [0.1, 0.15) is 19.3 Å². The van der Waals surface area contributed by atoms with Gasteiger partial charge < -0.3 is 33.8 Å². The SMILES string of the molecule is CCCCCCCCCCCCCCCCCCCCCC(=O)OC[C@H](COP(=O)(O)OC[C@@H](O)COP(=O)(O)OC[C@@H](COC(=O)CCCCCCCCCC)OC(=O)CCCCCCCCCCCC)OC(=O)CCCCCCCCCCCCCCCCCCC(C)C. The van der Waals surface area contributed by atoms with Crippen molar-refractivity contribution in [1.82, 2.24) is 0 Å². The first-order chi connectivity index (χ1) is 46.5. The Bertz CT molecular complexity index is 1840. The van der Waals surface area contributed by atoms with Gasteiger partial charge >= 0.3 is 39.5 Å². The summed E-state index contributed by atoms with van der Waals surface area (Å²) in [5.41, 5.74) is 0. The number of phosphoric ester groups is 2. The number of aliphatic hydroxyl groups is 1. The van der Waals surface area contributed by atoms with Gasteiger partial charge in [-0.1, -0.05) is 356 Å². The molecular formula is C77H150O17P2. The lowest BCUT2D eigenvalue weighted by Gasteiger charge is -2.21. The summed E-state index contributed by atoms with van der Waals surface area (Å²) in [5, 5.41) is 10.6. The fourth-order valence-electron chi connectivity index (χ4n) is 11.9. The molecule has 0 saturated carbocycles. The first-order valence-electron chi connectivity index (χ1n) is 40.1. The normalized spacial score (nSPS) is 13.9. The maximum Gasteiger partial charge on any atom is 0.472 e. The molecule has 0 bridgehead atoms. The van der Waals surface area contributed by atoms with Crippen LogP contribution in [0.1, 0.15) is 407 Å². The van der Waals surface area contributed by atoms with E-state index in [9.17, 15) is 43.2 Å². The Hall–Kier alpha value is -1.94. The average Bonchev–Trinajstić information content (AvgIpc) is 3.10. The molecule has 0 aromatic carbocycles. The molecule has 0 saturated heterocycles. The zero-order chi connectivity index (χ0) is 70.5. The van der Waals surface area contributed by atoms with Gasteiger partial charge in [-0.15, -0.1) is 0 Å². The van der Waals surface area contributed by atoms with Crippen molar-refractivity contribution in [1.29, 1.82) is 0 Å². The Morgan fingerprint density at radius 2 is 0.479 bits per heavy atom. The zero-order valence-electron chi connectivity index (χ0n) is 62.5. The van der Waals surface area contributed by atoms with Gasteiger partial charge in [0, 0.05) is 25.7 Å². The Kier molecular flexibility index (Phi) is 68.7. The van der Waals surface area contributed by atoms with Crippen LogP contribution in [0, 0.1) is 5.92 Å². The van der Waals surface area contributed by atoms with Gasteiger partial charge in [0.15, 0.2) is 12.2 Å². The molecule has 0 aliphatic heterocycles. The molecule has 0 amide bonds. The van der Waals surface area contributed by atoms with Crippen molar-refractivity contribution in [3.05, 3.63) is 0 Å². The molecule has 5 atom stereocenters. The van der Waals surface area contributed by atoms with E-state index in [1.807, 2.05) is 0 Å². The highest BCUT2D eigenvalue weighted by Crippen LogP contribution is 2.45. The minimum atomic E-state index is -4.96. The van der Waals surface area contributed by atoms with Crippen molar-refractivity contribution < 1.29 is 80.2 Å².